The van der Waals surface area contributed by atoms with Gasteiger partial charge in [-0.2, -0.15) is 0 Å². The van der Waals surface area contributed by atoms with E-state index in [4.69, 9.17) is 27.9 Å². The lowest BCUT2D eigenvalue weighted by atomic mass is 9.41. The van der Waals surface area contributed by atoms with Gasteiger partial charge in [0.15, 0.2) is 0 Å². The highest BCUT2D eigenvalue weighted by Gasteiger charge is 2.66. The fraction of sp³-hybridized carbons (Fsp3) is 1.00. The van der Waals surface area contributed by atoms with Gasteiger partial charge < -0.3 is 4.74 Å². The van der Waals surface area contributed by atoms with Crippen LogP contribution in [-0.4, -0.2) is 28.4 Å². The summed E-state index contributed by atoms with van der Waals surface area (Å²) >= 11 is 13.7. The predicted molar refractivity (Wildman–Crippen MR) is 372 cm³/mol. The van der Waals surface area contributed by atoms with Crippen LogP contribution in [0.4, 0.5) is 8.78 Å². The van der Waals surface area contributed by atoms with Crippen LogP contribution < -0.4 is 0 Å². The summed E-state index contributed by atoms with van der Waals surface area (Å²) in [4.78, 5) is 0.428. The SMILES string of the molecule is CC(C)C12CC3CC(C1)C(F)(F)C(C3)C2.CC(C)C12CC3CC(CC(Cl)(C3)C1)C2.CC(C)C12CCCCC1C2.CC(C)C1C2CC3CC(C2)CC1(Cl)C3.CC(C)CCCCC12CCC(C(C)(C)C)(CC1)CC2.COC12CC3CC(C)(C1)CC(C(C)C)(C3)C2. The molecular formula is C83H142Cl2F2O. The van der Waals surface area contributed by atoms with Gasteiger partial charge in [-0.3, -0.25) is 0 Å². The Bertz CT molecular complexity index is 2290. The van der Waals surface area contributed by atoms with Crippen molar-refractivity contribution in [3.63, 3.8) is 0 Å². The van der Waals surface area contributed by atoms with Gasteiger partial charge in [0.25, 0.3) is 5.92 Å². The van der Waals surface area contributed by atoms with Crippen molar-refractivity contribution < 1.29 is 13.5 Å². The third-order valence-electron chi connectivity index (χ3n) is 32.4. The Kier molecular flexibility index (Phi) is 19.8. The van der Waals surface area contributed by atoms with Crippen molar-refractivity contribution in [2.75, 3.05) is 7.11 Å². The Labute approximate surface area is 554 Å². The lowest BCUT2D eigenvalue weighted by Crippen LogP contribution is -2.61. The monoisotopic (exact) mass is 1260 g/mol. The molecule has 1 nitrogen and oxygen atoms in total. The standard InChI is InChI=1S/C19H36.C15H26O.2C13H21Cl.C13H20F2.C10H18/c1-16(2)8-6-7-9-18-10-13-19(14-11-18,15-12-18)17(3,4)5;1-11(2)14-6-12-5-13(3,8-14)9-15(7-12,10-14)16-4;1-9(2)12-4-10-3-11(5-12)7-13(14,6-10)8-12;1-8(2)12-11-4-9-3-10(5-11)7-13(12,14)6-9;1-8(2)12-5-9-3-10(6-12)13(14,15)11(4-9)7-12;1-8(2)10-6-4-3-5-9(10)7-10/h16H,6-15H2,1-5H3;11-12H,5-10H2,1-4H3;9-11H,3-8H2,1-2H3;8-12H,3-7H2,1-2H3;8-11H,3-7H2,1-2H3;8-9H,3-7H2,1-2H3. The fourth-order valence-electron chi connectivity index (χ4n) is 28.2. The topological polar surface area (TPSA) is 9.23 Å². The molecule has 0 aromatic rings. The molecule has 0 aromatic carbocycles. The Morgan fingerprint density at radius 1 is 0.489 bits per heavy atom. The molecule has 13 unspecified atom stereocenters. The summed E-state index contributed by atoms with van der Waals surface area (Å²) in [6, 6.07) is 0. The van der Waals surface area contributed by atoms with Crippen molar-refractivity contribution in [2.24, 2.45) is 144 Å². The maximum absolute atomic E-state index is 13.9. The summed E-state index contributed by atoms with van der Waals surface area (Å²) in [6.45, 7) is 38.4. The zero-order valence-corrected chi connectivity index (χ0v) is 62.4. The molecule has 21 fully saturated rings. The molecule has 0 N–H and O–H groups in total. The summed E-state index contributed by atoms with van der Waals surface area (Å²) in [5, 5.41) is 0. The largest absolute Gasteiger partial charge is 0.378 e. The van der Waals surface area contributed by atoms with Crippen LogP contribution in [0.2, 0.25) is 0 Å². The molecule has 0 radical (unpaired) electrons. The Morgan fingerprint density at radius 3 is 1.50 bits per heavy atom. The zero-order valence-electron chi connectivity index (χ0n) is 60.9. The maximum atomic E-state index is 13.9. The number of halogens is 4. The highest BCUT2D eigenvalue weighted by Crippen LogP contribution is 2.72. The third kappa shape index (κ3) is 13.5. The lowest BCUT2D eigenvalue weighted by molar-refractivity contribution is -0.234. The molecule has 0 heterocycles. The van der Waals surface area contributed by atoms with E-state index < -0.39 is 5.92 Å². The molecule has 0 amide bonds. The molecule has 0 saturated heterocycles. The second-order valence-electron chi connectivity index (χ2n) is 41.0. The van der Waals surface area contributed by atoms with E-state index in [9.17, 15) is 8.78 Å². The molecule has 21 aliphatic rings. The van der Waals surface area contributed by atoms with Crippen molar-refractivity contribution >= 4 is 23.2 Å². The van der Waals surface area contributed by atoms with Crippen molar-refractivity contribution in [3.05, 3.63) is 0 Å². The van der Waals surface area contributed by atoms with Crippen molar-refractivity contribution in [3.8, 4) is 0 Å². The van der Waals surface area contributed by atoms with Gasteiger partial charge in [-0.05, 0) is 338 Å². The summed E-state index contributed by atoms with van der Waals surface area (Å²) < 4.78 is 33.9. The van der Waals surface area contributed by atoms with Gasteiger partial charge in [-0.15, -0.1) is 23.2 Å². The molecule has 13 atom stereocenters. The average molecular weight is 1260 g/mol. The number of hydrogen-bond acceptors (Lipinski definition) is 1. The van der Waals surface area contributed by atoms with Crippen LogP contribution in [-0.2, 0) is 4.74 Å². The number of methoxy groups -OCH3 is 1. The van der Waals surface area contributed by atoms with Gasteiger partial charge in [-0.1, -0.05) is 143 Å². The van der Waals surface area contributed by atoms with Crippen LogP contribution in [0.1, 0.15) is 348 Å². The molecule has 0 aromatic heterocycles. The van der Waals surface area contributed by atoms with E-state index in [-0.39, 0.29) is 32.6 Å². The van der Waals surface area contributed by atoms with E-state index >= 15 is 0 Å². The molecule has 508 valence electrons. The lowest BCUT2D eigenvalue weighted by Gasteiger charge is -2.66. The number of rotatable bonds is 11. The van der Waals surface area contributed by atoms with Crippen LogP contribution >= 0.6 is 23.2 Å². The smallest absolute Gasteiger partial charge is 0.253 e. The number of ether oxygens (including phenoxy) is 1. The van der Waals surface area contributed by atoms with E-state index in [1.54, 1.807) is 6.42 Å². The van der Waals surface area contributed by atoms with E-state index in [1.165, 1.54) is 205 Å². The molecule has 21 saturated carbocycles. The van der Waals surface area contributed by atoms with Gasteiger partial charge in [-0.25, -0.2) is 8.78 Å². The van der Waals surface area contributed by atoms with Crippen LogP contribution in [0, 0.1) is 144 Å². The first-order chi connectivity index (χ1) is 41.0. The van der Waals surface area contributed by atoms with Crippen LogP contribution in [0.3, 0.4) is 0 Å². The van der Waals surface area contributed by atoms with Gasteiger partial charge >= 0.3 is 0 Å². The van der Waals surface area contributed by atoms with E-state index in [2.05, 4.69) is 111 Å². The Balaban J connectivity index is 0.000000110. The van der Waals surface area contributed by atoms with E-state index in [0.29, 0.717) is 38.9 Å². The Hall–Kier alpha value is 0.400. The molecule has 5 heteroatoms. The fourth-order valence-corrected chi connectivity index (χ4v) is 29.8. The quantitative estimate of drug-likeness (QED) is 0.148. The van der Waals surface area contributed by atoms with Gasteiger partial charge in [0.1, 0.15) is 0 Å². The summed E-state index contributed by atoms with van der Waals surface area (Å²) in [6.07, 6.45) is 51.1. The normalized spacial score (nSPS) is 49.2. The number of hydrogen-bond donors (Lipinski definition) is 0. The van der Waals surface area contributed by atoms with Crippen molar-refractivity contribution in [1.29, 1.82) is 0 Å². The van der Waals surface area contributed by atoms with Gasteiger partial charge in [0.2, 0.25) is 0 Å². The highest BCUT2D eigenvalue weighted by atomic mass is 35.5. The third-order valence-corrected chi connectivity index (χ3v) is 33.4. The van der Waals surface area contributed by atoms with Crippen molar-refractivity contribution in [1.82, 2.24) is 0 Å². The first-order valence-electron chi connectivity index (χ1n) is 39.3. The van der Waals surface area contributed by atoms with Gasteiger partial charge in [0.05, 0.1) is 5.60 Å². The average Bonchev–Trinajstić information content (AvgIpc) is 0.934. The van der Waals surface area contributed by atoms with Crippen LogP contribution in [0.5, 0.6) is 0 Å². The second-order valence-corrected chi connectivity index (χ2v) is 42.6. The summed E-state index contributed by atoms with van der Waals surface area (Å²) in [5.41, 5.74) is 5.17. The predicted octanol–water partition coefficient (Wildman–Crippen LogP) is 26.2. The number of unbranched alkanes of at least 4 members (excludes halogenated alkanes) is 1. The van der Waals surface area contributed by atoms with Crippen LogP contribution in [0.25, 0.3) is 0 Å². The first-order valence-corrected chi connectivity index (χ1v) is 40.1. The van der Waals surface area contributed by atoms with E-state index in [0.717, 1.165) is 113 Å². The molecule has 0 spiro atoms. The molecule has 21 aliphatic carbocycles. The molecule has 21 rings (SSSR count). The molecule has 0 aliphatic heterocycles. The Morgan fingerprint density at radius 2 is 1.03 bits per heavy atom. The molecular weight excluding hydrogens is 1120 g/mol. The number of alkyl halides is 4. The second kappa shape index (κ2) is 25.0. The van der Waals surface area contributed by atoms with Crippen molar-refractivity contribution in [2.45, 2.75) is 370 Å². The minimum Gasteiger partial charge on any atom is -0.378 e. The summed E-state index contributed by atoms with van der Waals surface area (Å²) in [7, 11) is 1.95. The van der Waals surface area contributed by atoms with Gasteiger partial charge in [0, 0.05) is 28.7 Å². The van der Waals surface area contributed by atoms with Crippen LogP contribution in [0.15, 0.2) is 0 Å². The minimum absolute atomic E-state index is 0.211. The molecule has 88 heavy (non-hydrogen) atoms. The zero-order chi connectivity index (χ0) is 63.7. The molecule has 18 bridgehead atoms. The minimum atomic E-state index is -2.34. The first kappa shape index (κ1) is 69.7. The number of fused-ring (bicyclic) bond motifs is 4. The maximum Gasteiger partial charge on any atom is 0.253 e. The van der Waals surface area contributed by atoms with E-state index in [1.807, 2.05) is 7.11 Å². The highest BCUT2D eigenvalue weighted by molar-refractivity contribution is 6.24. The summed E-state index contributed by atoms with van der Waals surface area (Å²) in [5.74, 6) is 10.4.